The van der Waals surface area contributed by atoms with Gasteiger partial charge in [0.05, 0.1) is 36.5 Å². The SMILES string of the molecule is NC(CO)(CCc1ccc(OCCCc2cc(C(F)(F)F)ccc2Cl)c(C(F)(F)F)c1)COP=O. The number of hydrogen-bond donors (Lipinski definition) is 2. The molecule has 194 valence electrons. The highest BCUT2D eigenvalue weighted by Gasteiger charge is 2.35. The van der Waals surface area contributed by atoms with Crippen molar-refractivity contribution in [1.29, 1.82) is 0 Å². The van der Waals surface area contributed by atoms with Crippen LogP contribution in [0.25, 0.3) is 0 Å². The van der Waals surface area contributed by atoms with Gasteiger partial charge in [-0.15, -0.1) is 0 Å². The van der Waals surface area contributed by atoms with E-state index in [4.69, 9.17) is 22.1 Å². The molecule has 0 radical (unpaired) electrons. The molecule has 5 nitrogen and oxygen atoms in total. The molecule has 0 bridgehead atoms. The summed E-state index contributed by atoms with van der Waals surface area (Å²) in [6, 6.07) is 6.36. The lowest BCUT2D eigenvalue weighted by molar-refractivity contribution is -0.139. The molecule has 0 aliphatic rings. The lowest BCUT2D eigenvalue weighted by atomic mass is 9.93. The lowest BCUT2D eigenvalue weighted by Gasteiger charge is -2.25. The number of aliphatic hydroxyl groups excluding tert-OH is 1. The summed E-state index contributed by atoms with van der Waals surface area (Å²) in [6.07, 6.45) is -8.92. The quantitative estimate of drug-likeness (QED) is 0.188. The first-order valence-corrected chi connectivity index (χ1v) is 11.4. The van der Waals surface area contributed by atoms with Crippen LogP contribution in [0.1, 0.15) is 35.1 Å². The summed E-state index contributed by atoms with van der Waals surface area (Å²) in [5.74, 6) is -0.425. The number of rotatable bonds is 12. The Kier molecular flexibility index (Phi) is 10.4. The maximum absolute atomic E-state index is 13.6. The first kappa shape index (κ1) is 29.3. The number of hydrogen-bond acceptors (Lipinski definition) is 5. The van der Waals surface area contributed by atoms with Gasteiger partial charge in [0.25, 0.3) is 0 Å². The zero-order valence-electron chi connectivity index (χ0n) is 18.3. The molecule has 13 heteroatoms. The van der Waals surface area contributed by atoms with E-state index in [-0.39, 0.29) is 55.0 Å². The second-order valence-corrected chi connectivity index (χ2v) is 8.77. The van der Waals surface area contributed by atoms with Crippen LogP contribution in [0, 0.1) is 0 Å². The minimum absolute atomic E-state index is 0.0638. The van der Waals surface area contributed by atoms with Crippen LogP contribution in [0.5, 0.6) is 5.75 Å². The van der Waals surface area contributed by atoms with E-state index in [1.54, 1.807) is 0 Å². The van der Waals surface area contributed by atoms with Crippen LogP contribution in [-0.2, 0) is 34.3 Å². The Morgan fingerprint density at radius 1 is 1.00 bits per heavy atom. The highest BCUT2D eigenvalue weighted by atomic mass is 35.5. The van der Waals surface area contributed by atoms with Gasteiger partial charge in [-0.25, -0.2) is 4.57 Å². The molecule has 0 amide bonds. The predicted octanol–water partition coefficient (Wildman–Crippen LogP) is 6.23. The molecule has 0 aliphatic heterocycles. The van der Waals surface area contributed by atoms with Gasteiger partial charge < -0.3 is 15.6 Å². The lowest BCUT2D eigenvalue weighted by Crippen LogP contribution is -2.47. The average molecular weight is 546 g/mol. The Labute approximate surface area is 204 Å². The zero-order chi connectivity index (χ0) is 26.3. The van der Waals surface area contributed by atoms with Gasteiger partial charge in [0.2, 0.25) is 0 Å². The van der Waals surface area contributed by atoms with E-state index >= 15 is 0 Å². The highest BCUT2D eigenvalue weighted by molar-refractivity contribution is 7.17. The van der Waals surface area contributed by atoms with Crippen molar-refractivity contribution in [3.05, 3.63) is 63.7 Å². The Bertz CT molecular complexity index is 1000. The first-order chi connectivity index (χ1) is 16.3. The number of nitrogens with two attached hydrogens (primary N) is 1. The second kappa shape index (κ2) is 12.4. The van der Waals surface area contributed by atoms with Gasteiger partial charge in [-0.3, -0.25) is 4.52 Å². The molecule has 2 rings (SSSR count). The molecule has 0 spiro atoms. The van der Waals surface area contributed by atoms with E-state index in [9.17, 15) is 36.0 Å². The summed E-state index contributed by atoms with van der Waals surface area (Å²) in [6.45, 7) is -0.958. The van der Waals surface area contributed by atoms with Crippen LogP contribution in [-0.4, -0.2) is 30.5 Å². The Hall–Kier alpha value is -1.91. The molecule has 0 saturated heterocycles. The number of ether oxygens (including phenoxy) is 1. The fourth-order valence-corrected chi connectivity index (χ4v) is 3.73. The summed E-state index contributed by atoms with van der Waals surface area (Å²) < 4.78 is 99.8. The molecule has 2 aromatic carbocycles. The van der Waals surface area contributed by atoms with Gasteiger partial charge in [-0.2, -0.15) is 26.3 Å². The summed E-state index contributed by atoms with van der Waals surface area (Å²) in [5.41, 5.74) is 3.25. The Morgan fingerprint density at radius 2 is 1.71 bits per heavy atom. The minimum atomic E-state index is -4.73. The molecule has 35 heavy (non-hydrogen) atoms. The maximum atomic E-state index is 13.6. The molecule has 2 aromatic rings. The standard InChI is InChI=1S/C22H23ClF6NO4P/c23-18-5-4-16(21(24,25)26)11-15(18)2-1-9-33-19-6-3-14(10-17(19)22(27,28)29)7-8-20(30,12-31)13-34-35-32/h3-6,10-11,31H,1-2,7-9,12-13,30H2. The third kappa shape index (κ3) is 8.91. The first-order valence-electron chi connectivity index (χ1n) is 10.3. The molecule has 1 unspecified atom stereocenters. The summed E-state index contributed by atoms with van der Waals surface area (Å²) in [5, 5.41) is 9.54. The summed E-state index contributed by atoms with van der Waals surface area (Å²) in [7, 11) is -0.632. The van der Waals surface area contributed by atoms with Crippen molar-refractivity contribution < 1.29 is 45.3 Å². The van der Waals surface area contributed by atoms with Crippen molar-refractivity contribution in [2.45, 2.75) is 43.6 Å². The monoisotopic (exact) mass is 545 g/mol. The van der Waals surface area contributed by atoms with Crippen LogP contribution < -0.4 is 10.5 Å². The van der Waals surface area contributed by atoms with Crippen LogP contribution in [0.4, 0.5) is 26.3 Å². The van der Waals surface area contributed by atoms with Crippen LogP contribution >= 0.6 is 20.3 Å². The number of alkyl halides is 6. The van der Waals surface area contributed by atoms with Gasteiger partial charge in [-0.1, -0.05) is 17.7 Å². The number of halogens is 7. The van der Waals surface area contributed by atoms with E-state index in [0.29, 0.717) is 0 Å². The highest BCUT2D eigenvalue weighted by Crippen LogP contribution is 2.37. The minimum Gasteiger partial charge on any atom is -0.493 e. The van der Waals surface area contributed by atoms with Crippen molar-refractivity contribution >= 4 is 20.3 Å². The van der Waals surface area contributed by atoms with Crippen molar-refractivity contribution in [3.8, 4) is 5.75 Å². The topological polar surface area (TPSA) is 81.8 Å². The van der Waals surface area contributed by atoms with E-state index in [1.165, 1.54) is 6.07 Å². The van der Waals surface area contributed by atoms with Crippen LogP contribution in [0.2, 0.25) is 5.02 Å². The van der Waals surface area contributed by atoms with Crippen molar-refractivity contribution in [2.75, 3.05) is 19.8 Å². The smallest absolute Gasteiger partial charge is 0.419 e. The molecule has 0 aromatic heterocycles. The van der Waals surface area contributed by atoms with Gasteiger partial charge in [-0.05, 0) is 67.1 Å². The largest absolute Gasteiger partial charge is 0.493 e. The fourth-order valence-electron chi connectivity index (χ4n) is 3.21. The average Bonchev–Trinajstić information content (AvgIpc) is 2.79. The predicted molar refractivity (Wildman–Crippen MR) is 118 cm³/mol. The maximum Gasteiger partial charge on any atom is 0.419 e. The molecule has 3 N–H and O–H groups in total. The van der Waals surface area contributed by atoms with Gasteiger partial charge in [0.1, 0.15) is 5.75 Å². The third-order valence-corrected chi connectivity index (χ3v) is 5.80. The molecular formula is C22H23ClF6NO4P. The van der Waals surface area contributed by atoms with Gasteiger partial charge in [0.15, 0.2) is 0 Å². The third-order valence-electron chi connectivity index (χ3n) is 5.20. The zero-order valence-corrected chi connectivity index (χ0v) is 19.9. The van der Waals surface area contributed by atoms with E-state index in [0.717, 1.165) is 30.3 Å². The molecular weight excluding hydrogens is 523 g/mol. The Morgan fingerprint density at radius 3 is 2.31 bits per heavy atom. The van der Waals surface area contributed by atoms with Gasteiger partial charge >= 0.3 is 21.0 Å². The second-order valence-electron chi connectivity index (χ2n) is 7.95. The molecule has 0 saturated carbocycles. The fraction of sp³-hybridized carbons (Fsp3) is 0.455. The van der Waals surface area contributed by atoms with Crippen molar-refractivity contribution in [2.24, 2.45) is 5.73 Å². The Balaban J connectivity index is 2.05. The van der Waals surface area contributed by atoms with Crippen LogP contribution in [0.15, 0.2) is 36.4 Å². The molecule has 1 atom stereocenters. The molecule has 0 aliphatic carbocycles. The number of aryl methyl sites for hydroxylation is 2. The normalized spacial score (nSPS) is 14.2. The van der Waals surface area contributed by atoms with Crippen molar-refractivity contribution in [1.82, 2.24) is 0 Å². The molecule has 0 heterocycles. The number of aliphatic hydroxyl groups is 1. The molecule has 0 fully saturated rings. The number of benzene rings is 2. The van der Waals surface area contributed by atoms with Gasteiger partial charge in [0, 0.05) is 5.02 Å². The summed E-state index contributed by atoms with van der Waals surface area (Å²) in [4.78, 5) is 0. The van der Waals surface area contributed by atoms with E-state index in [1.807, 2.05) is 0 Å². The van der Waals surface area contributed by atoms with E-state index < -0.39 is 50.1 Å². The van der Waals surface area contributed by atoms with E-state index in [2.05, 4.69) is 4.52 Å². The summed E-state index contributed by atoms with van der Waals surface area (Å²) >= 11 is 5.94. The van der Waals surface area contributed by atoms with Crippen LogP contribution in [0.3, 0.4) is 0 Å². The van der Waals surface area contributed by atoms with Crippen molar-refractivity contribution in [3.63, 3.8) is 0 Å².